The van der Waals surface area contributed by atoms with Crippen molar-refractivity contribution in [3.05, 3.63) is 65.7 Å². The molecule has 0 radical (unpaired) electrons. The Morgan fingerprint density at radius 3 is 2.08 bits per heavy atom. The number of phenolic OH excluding ortho intramolecular Hbond substituents is 1. The topological polar surface area (TPSA) is 104 Å². The van der Waals surface area contributed by atoms with Gasteiger partial charge in [0.1, 0.15) is 5.75 Å². The zero-order valence-electron chi connectivity index (χ0n) is 14.5. The molecular formula is C20H24N2O4. The number of nitrogens with zero attached hydrogens (tertiary/aromatic N) is 1. The van der Waals surface area contributed by atoms with Gasteiger partial charge in [-0.05, 0) is 55.0 Å². The predicted octanol–water partition coefficient (Wildman–Crippen LogP) is 3.11. The average Bonchev–Trinajstić information content (AvgIpc) is 2.64. The fourth-order valence-corrected chi connectivity index (χ4v) is 2.90. The standard InChI is InChI=1S/C13H17NO2.C7H7NO2/c15-13(16)14-8-6-12(7-9-14)10-11-4-2-1-3-5-11;8-7(10)5-1-3-6(9)4-2-5/h1-5,12H,6-10H2,(H,15,16);1-4,9H,(H2,8,10). The first-order valence-corrected chi connectivity index (χ1v) is 8.56. The minimum absolute atomic E-state index is 0.130. The number of hydrogen-bond donors (Lipinski definition) is 3. The van der Waals surface area contributed by atoms with Gasteiger partial charge in [-0.1, -0.05) is 30.3 Å². The third kappa shape index (κ3) is 6.12. The quantitative estimate of drug-likeness (QED) is 0.786. The normalized spacial score (nSPS) is 14.2. The molecule has 26 heavy (non-hydrogen) atoms. The number of aromatic hydroxyl groups is 1. The van der Waals surface area contributed by atoms with Crippen molar-refractivity contribution in [1.82, 2.24) is 4.90 Å². The van der Waals surface area contributed by atoms with Crippen LogP contribution in [0.1, 0.15) is 28.8 Å². The number of carboxylic acid groups (broad SMARTS) is 1. The highest BCUT2D eigenvalue weighted by Crippen LogP contribution is 2.21. The number of carbonyl (C=O) groups excluding carboxylic acids is 1. The van der Waals surface area contributed by atoms with Gasteiger partial charge in [0.25, 0.3) is 0 Å². The summed E-state index contributed by atoms with van der Waals surface area (Å²) in [4.78, 5) is 22.7. The van der Waals surface area contributed by atoms with Crippen molar-refractivity contribution >= 4 is 12.0 Å². The molecule has 0 saturated carbocycles. The molecule has 2 aromatic carbocycles. The SMILES string of the molecule is NC(=O)c1ccc(O)cc1.O=C(O)N1CCC(Cc2ccccc2)CC1. The summed E-state index contributed by atoms with van der Waals surface area (Å²) in [6.07, 6.45) is 2.27. The summed E-state index contributed by atoms with van der Waals surface area (Å²) in [5.74, 6) is 0.281. The lowest BCUT2D eigenvalue weighted by Crippen LogP contribution is -2.37. The lowest BCUT2D eigenvalue weighted by atomic mass is 9.90. The number of amides is 2. The maximum atomic E-state index is 10.7. The molecule has 0 unspecified atom stereocenters. The number of rotatable bonds is 3. The first-order chi connectivity index (χ1) is 12.5. The van der Waals surface area contributed by atoms with Crippen LogP contribution in [-0.2, 0) is 6.42 Å². The fraction of sp³-hybridized carbons (Fsp3) is 0.300. The second kappa shape index (κ2) is 9.46. The Kier molecular flexibility index (Phi) is 7.02. The van der Waals surface area contributed by atoms with Crippen LogP contribution >= 0.6 is 0 Å². The molecule has 3 rings (SSSR count). The smallest absolute Gasteiger partial charge is 0.407 e. The van der Waals surface area contributed by atoms with E-state index in [2.05, 4.69) is 24.3 Å². The van der Waals surface area contributed by atoms with Crippen LogP contribution in [0.3, 0.4) is 0 Å². The van der Waals surface area contributed by atoms with E-state index in [0.29, 0.717) is 24.6 Å². The lowest BCUT2D eigenvalue weighted by Gasteiger charge is -2.29. The van der Waals surface area contributed by atoms with Crippen LogP contribution in [0.2, 0.25) is 0 Å². The number of primary amides is 1. The highest BCUT2D eigenvalue weighted by Gasteiger charge is 2.22. The van der Waals surface area contributed by atoms with E-state index in [1.807, 2.05) is 6.07 Å². The van der Waals surface area contributed by atoms with E-state index >= 15 is 0 Å². The highest BCUT2D eigenvalue weighted by molar-refractivity contribution is 5.92. The van der Waals surface area contributed by atoms with Crippen LogP contribution in [0.4, 0.5) is 4.79 Å². The summed E-state index contributed by atoms with van der Waals surface area (Å²) in [5, 5.41) is 17.6. The molecule has 138 valence electrons. The minimum atomic E-state index is -0.779. The molecule has 6 nitrogen and oxygen atoms in total. The molecule has 0 spiro atoms. The van der Waals surface area contributed by atoms with Crippen LogP contribution in [0.15, 0.2) is 54.6 Å². The monoisotopic (exact) mass is 356 g/mol. The second-order valence-corrected chi connectivity index (χ2v) is 6.31. The molecule has 1 aliphatic heterocycles. The van der Waals surface area contributed by atoms with Gasteiger partial charge in [-0.15, -0.1) is 0 Å². The summed E-state index contributed by atoms with van der Waals surface area (Å²) in [5.41, 5.74) is 6.70. The van der Waals surface area contributed by atoms with E-state index in [9.17, 15) is 9.59 Å². The van der Waals surface area contributed by atoms with Gasteiger partial charge in [-0.2, -0.15) is 0 Å². The number of phenols is 1. The molecule has 2 aromatic rings. The molecular weight excluding hydrogens is 332 g/mol. The summed E-state index contributed by atoms with van der Waals surface area (Å²) in [7, 11) is 0. The van der Waals surface area contributed by atoms with Crippen molar-refractivity contribution in [1.29, 1.82) is 0 Å². The Morgan fingerprint density at radius 2 is 1.58 bits per heavy atom. The summed E-state index contributed by atoms with van der Waals surface area (Å²) in [6, 6.07) is 16.2. The summed E-state index contributed by atoms with van der Waals surface area (Å²) in [6.45, 7) is 1.37. The van der Waals surface area contributed by atoms with Gasteiger partial charge >= 0.3 is 6.09 Å². The van der Waals surface area contributed by atoms with E-state index in [0.717, 1.165) is 19.3 Å². The Bertz CT molecular complexity index is 708. The molecule has 1 aliphatic rings. The predicted molar refractivity (Wildman–Crippen MR) is 99.1 cm³/mol. The van der Waals surface area contributed by atoms with Crippen LogP contribution in [0.25, 0.3) is 0 Å². The number of hydrogen-bond acceptors (Lipinski definition) is 3. The number of likely N-dealkylation sites (tertiary alicyclic amines) is 1. The minimum Gasteiger partial charge on any atom is -0.508 e. The van der Waals surface area contributed by atoms with Crippen LogP contribution in [0.5, 0.6) is 5.75 Å². The van der Waals surface area contributed by atoms with E-state index in [4.69, 9.17) is 15.9 Å². The van der Waals surface area contributed by atoms with Crippen molar-refractivity contribution < 1.29 is 19.8 Å². The average molecular weight is 356 g/mol. The van der Waals surface area contributed by atoms with Gasteiger partial charge in [0, 0.05) is 18.7 Å². The number of nitrogens with two attached hydrogens (primary N) is 1. The molecule has 0 bridgehead atoms. The Balaban J connectivity index is 0.000000209. The molecule has 6 heteroatoms. The molecule has 1 fully saturated rings. The fourth-order valence-electron chi connectivity index (χ4n) is 2.90. The van der Waals surface area contributed by atoms with Gasteiger partial charge in [0.05, 0.1) is 0 Å². The maximum absolute atomic E-state index is 10.7. The van der Waals surface area contributed by atoms with Gasteiger partial charge in [0.2, 0.25) is 5.91 Å². The number of benzene rings is 2. The Morgan fingerprint density at radius 1 is 1.00 bits per heavy atom. The molecule has 0 aliphatic carbocycles. The van der Waals surface area contributed by atoms with E-state index in [1.165, 1.54) is 34.7 Å². The van der Waals surface area contributed by atoms with Crippen molar-refractivity contribution in [3.63, 3.8) is 0 Å². The molecule has 0 atom stereocenters. The molecule has 4 N–H and O–H groups in total. The third-order valence-corrected chi connectivity index (χ3v) is 4.40. The third-order valence-electron chi connectivity index (χ3n) is 4.40. The second-order valence-electron chi connectivity index (χ2n) is 6.31. The van der Waals surface area contributed by atoms with Crippen molar-refractivity contribution in [3.8, 4) is 5.75 Å². The first kappa shape index (κ1) is 19.3. The number of carbonyl (C=O) groups is 2. The van der Waals surface area contributed by atoms with Gasteiger partial charge in [-0.3, -0.25) is 4.79 Å². The maximum Gasteiger partial charge on any atom is 0.407 e. The van der Waals surface area contributed by atoms with Crippen molar-refractivity contribution in [2.24, 2.45) is 11.7 Å². The lowest BCUT2D eigenvalue weighted by molar-refractivity contribution is 0.1000. The van der Waals surface area contributed by atoms with E-state index in [-0.39, 0.29) is 5.75 Å². The molecule has 2 amide bonds. The molecule has 1 heterocycles. The van der Waals surface area contributed by atoms with Gasteiger partial charge in [0.15, 0.2) is 0 Å². The highest BCUT2D eigenvalue weighted by atomic mass is 16.4. The molecule has 1 saturated heterocycles. The summed E-state index contributed by atoms with van der Waals surface area (Å²) >= 11 is 0. The molecule has 0 aromatic heterocycles. The zero-order valence-corrected chi connectivity index (χ0v) is 14.5. The first-order valence-electron chi connectivity index (χ1n) is 8.56. The zero-order chi connectivity index (χ0) is 18.9. The Labute approximate surface area is 152 Å². The van der Waals surface area contributed by atoms with Crippen molar-refractivity contribution in [2.45, 2.75) is 19.3 Å². The largest absolute Gasteiger partial charge is 0.508 e. The summed E-state index contributed by atoms with van der Waals surface area (Å²) < 4.78 is 0. The van der Waals surface area contributed by atoms with Crippen LogP contribution in [0, 0.1) is 5.92 Å². The van der Waals surface area contributed by atoms with Crippen LogP contribution in [-0.4, -0.2) is 40.2 Å². The van der Waals surface area contributed by atoms with E-state index < -0.39 is 12.0 Å². The van der Waals surface area contributed by atoms with Gasteiger partial charge in [-0.25, -0.2) is 4.79 Å². The van der Waals surface area contributed by atoms with Crippen LogP contribution < -0.4 is 5.73 Å². The number of piperidine rings is 1. The van der Waals surface area contributed by atoms with Crippen molar-refractivity contribution in [2.75, 3.05) is 13.1 Å². The Hall–Kier alpha value is -3.02. The van der Waals surface area contributed by atoms with E-state index in [1.54, 1.807) is 0 Å². The van der Waals surface area contributed by atoms with Gasteiger partial charge < -0.3 is 20.8 Å².